The Morgan fingerprint density at radius 3 is 2.73 bits per heavy atom. The topological polar surface area (TPSA) is 41.2 Å². The number of nitrogens with zero attached hydrogens (tertiary/aromatic N) is 1. The van der Waals surface area contributed by atoms with E-state index < -0.39 is 5.97 Å². The van der Waals surface area contributed by atoms with Crippen LogP contribution in [0.4, 0.5) is 0 Å². The van der Waals surface area contributed by atoms with Crippen LogP contribution < -0.4 is 4.57 Å². The molecule has 11 heavy (non-hydrogen) atoms. The summed E-state index contributed by atoms with van der Waals surface area (Å²) in [5, 5.41) is 8.61. The molecule has 0 radical (unpaired) electrons. The largest absolute Gasteiger partial charge is 0.473 e. The summed E-state index contributed by atoms with van der Waals surface area (Å²) in [4.78, 5) is 11.2. The number of carboxylic acid groups (broad SMARTS) is 1. The second-order valence-electron chi connectivity index (χ2n) is 2.19. The van der Waals surface area contributed by atoms with Crippen LogP contribution in [0.3, 0.4) is 0 Å². The van der Waals surface area contributed by atoms with Gasteiger partial charge in [-0.05, 0) is 6.07 Å². The first-order valence-electron chi connectivity index (χ1n) is 3.03. The van der Waals surface area contributed by atoms with Gasteiger partial charge in [0.25, 0.3) is 5.69 Å². The molecule has 1 N–H and O–H groups in total. The quantitative estimate of drug-likeness (QED) is 0.476. The van der Waals surface area contributed by atoms with Crippen LogP contribution in [-0.4, -0.2) is 11.1 Å². The molecule has 4 heteroatoms. The van der Waals surface area contributed by atoms with E-state index in [2.05, 4.69) is 12.6 Å². The highest BCUT2D eigenvalue weighted by atomic mass is 32.1. The van der Waals surface area contributed by atoms with E-state index in [1.54, 1.807) is 19.3 Å². The van der Waals surface area contributed by atoms with Crippen molar-refractivity contribution in [3.05, 3.63) is 24.0 Å². The minimum absolute atomic E-state index is 0.253. The molecule has 0 atom stereocenters. The zero-order chi connectivity index (χ0) is 8.43. The molecule has 0 unspecified atom stereocenters. The van der Waals surface area contributed by atoms with Crippen molar-refractivity contribution < 1.29 is 14.5 Å². The van der Waals surface area contributed by atoms with Crippen molar-refractivity contribution >= 4 is 18.6 Å². The van der Waals surface area contributed by atoms with Gasteiger partial charge < -0.3 is 5.11 Å². The second kappa shape index (κ2) is 2.92. The highest BCUT2D eigenvalue weighted by Crippen LogP contribution is 2.01. The van der Waals surface area contributed by atoms with Crippen LogP contribution in [0, 0.1) is 0 Å². The Kier molecular flexibility index (Phi) is 2.14. The van der Waals surface area contributed by atoms with Gasteiger partial charge in [0.1, 0.15) is 7.05 Å². The van der Waals surface area contributed by atoms with E-state index in [1.807, 2.05) is 0 Å². The minimum atomic E-state index is -0.930. The van der Waals surface area contributed by atoms with Gasteiger partial charge in [-0.25, -0.2) is 4.79 Å². The molecule has 0 aliphatic heterocycles. The molecular formula is C7H8NO2S+. The number of aromatic carboxylic acids is 1. The summed E-state index contributed by atoms with van der Waals surface area (Å²) in [5.74, 6) is -0.930. The van der Waals surface area contributed by atoms with Crippen LogP contribution in [0.15, 0.2) is 23.2 Å². The Labute approximate surface area is 69.7 Å². The first kappa shape index (κ1) is 8.07. The maximum atomic E-state index is 10.5. The van der Waals surface area contributed by atoms with Gasteiger partial charge in [-0.15, -0.1) is 12.6 Å². The molecular weight excluding hydrogens is 162 g/mol. The summed E-state index contributed by atoms with van der Waals surface area (Å²) in [6.45, 7) is 0. The van der Waals surface area contributed by atoms with E-state index >= 15 is 0 Å². The van der Waals surface area contributed by atoms with Crippen molar-refractivity contribution in [1.82, 2.24) is 0 Å². The zero-order valence-corrected chi connectivity index (χ0v) is 6.88. The molecule has 0 saturated heterocycles. The fourth-order valence-electron chi connectivity index (χ4n) is 0.815. The molecule has 0 saturated carbocycles. The second-order valence-corrected chi connectivity index (χ2v) is 2.70. The molecule has 0 aliphatic rings. The molecule has 1 aromatic heterocycles. The number of hydrogen-bond donors (Lipinski definition) is 2. The lowest BCUT2D eigenvalue weighted by atomic mass is 10.3. The number of pyridine rings is 1. The summed E-state index contributed by atoms with van der Waals surface area (Å²) in [6, 6.07) is 3.16. The van der Waals surface area contributed by atoms with E-state index in [9.17, 15) is 4.79 Å². The van der Waals surface area contributed by atoms with E-state index in [4.69, 9.17) is 5.11 Å². The number of aryl methyl sites for hydroxylation is 1. The minimum Gasteiger partial charge on any atom is -0.473 e. The molecule has 0 amide bonds. The van der Waals surface area contributed by atoms with Crippen molar-refractivity contribution in [2.45, 2.75) is 4.90 Å². The third kappa shape index (κ3) is 1.71. The van der Waals surface area contributed by atoms with Crippen LogP contribution in [-0.2, 0) is 7.05 Å². The number of rotatable bonds is 1. The number of carbonyl (C=O) groups is 1. The third-order valence-electron chi connectivity index (χ3n) is 1.34. The van der Waals surface area contributed by atoms with Gasteiger partial charge in [0, 0.05) is 6.07 Å². The Morgan fingerprint density at radius 1 is 1.64 bits per heavy atom. The molecule has 0 aliphatic carbocycles. The number of aromatic nitrogens is 1. The molecule has 0 aromatic carbocycles. The number of hydrogen-bond acceptors (Lipinski definition) is 2. The predicted molar refractivity (Wildman–Crippen MR) is 41.8 cm³/mol. The Morgan fingerprint density at radius 2 is 2.27 bits per heavy atom. The van der Waals surface area contributed by atoms with Crippen molar-refractivity contribution in [2.24, 2.45) is 7.05 Å². The average Bonchev–Trinajstić information content (AvgIpc) is 1.85. The summed E-state index contributed by atoms with van der Waals surface area (Å²) < 4.78 is 1.52. The lowest BCUT2D eigenvalue weighted by Gasteiger charge is -1.93. The van der Waals surface area contributed by atoms with E-state index in [1.165, 1.54) is 10.6 Å². The van der Waals surface area contributed by atoms with Crippen molar-refractivity contribution in [2.75, 3.05) is 0 Å². The molecule has 3 nitrogen and oxygen atoms in total. The van der Waals surface area contributed by atoms with E-state index in [-0.39, 0.29) is 5.69 Å². The Bertz CT molecular complexity index is 298. The summed E-state index contributed by atoms with van der Waals surface area (Å²) in [6.07, 6.45) is 1.65. The molecule has 0 spiro atoms. The average molecular weight is 170 g/mol. The van der Waals surface area contributed by atoms with Crippen LogP contribution in [0.1, 0.15) is 10.5 Å². The Balaban J connectivity index is 3.20. The SMILES string of the molecule is C[n+]1cc(S)ccc1C(=O)O. The summed E-state index contributed by atoms with van der Waals surface area (Å²) in [7, 11) is 1.67. The first-order chi connectivity index (χ1) is 5.11. The van der Waals surface area contributed by atoms with Crippen LogP contribution >= 0.6 is 12.6 Å². The van der Waals surface area contributed by atoms with E-state index in [0.717, 1.165) is 4.90 Å². The standard InChI is InChI=1S/C7H7NO2S/c1-8-4-5(11)2-3-6(8)7(9)10/h2-4H,1H3,(H-,9,10,11)/p+1. The molecule has 1 aromatic rings. The summed E-state index contributed by atoms with van der Waals surface area (Å²) >= 11 is 4.06. The van der Waals surface area contributed by atoms with Crippen LogP contribution in [0.25, 0.3) is 0 Å². The molecule has 1 heterocycles. The molecule has 1 rings (SSSR count). The maximum absolute atomic E-state index is 10.5. The maximum Gasteiger partial charge on any atom is 0.401 e. The van der Waals surface area contributed by atoms with Gasteiger partial charge >= 0.3 is 5.97 Å². The van der Waals surface area contributed by atoms with Gasteiger partial charge in [0.15, 0.2) is 6.20 Å². The van der Waals surface area contributed by atoms with Gasteiger partial charge in [-0.2, -0.15) is 4.57 Å². The zero-order valence-electron chi connectivity index (χ0n) is 5.98. The lowest BCUT2D eigenvalue weighted by Crippen LogP contribution is -2.35. The van der Waals surface area contributed by atoms with Crippen molar-refractivity contribution in [3.8, 4) is 0 Å². The number of thiol groups is 1. The summed E-state index contributed by atoms with van der Waals surface area (Å²) in [5.41, 5.74) is 0.253. The van der Waals surface area contributed by atoms with Gasteiger partial charge in [-0.3, -0.25) is 0 Å². The van der Waals surface area contributed by atoms with Crippen molar-refractivity contribution in [3.63, 3.8) is 0 Å². The molecule has 58 valence electrons. The van der Waals surface area contributed by atoms with Crippen LogP contribution in [0.2, 0.25) is 0 Å². The van der Waals surface area contributed by atoms with Crippen LogP contribution in [0.5, 0.6) is 0 Å². The third-order valence-corrected chi connectivity index (χ3v) is 1.60. The highest BCUT2D eigenvalue weighted by molar-refractivity contribution is 7.80. The van der Waals surface area contributed by atoms with Gasteiger partial charge in [0.05, 0.1) is 4.90 Å². The number of carboxylic acids is 1. The normalized spacial score (nSPS) is 9.64. The van der Waals surface area contributed by atoms with Crippen molar-refractivity contribution in [1.29, 1.82) is 0 Å². The fourth-order valence-corrected chi connectivity index (χ4v) is 1.06. The highest BCUT2D eigenvalue weighted by Gasteiger charge is 2.13. The predicted octanol–water partition coefficient (Wildman–Crippen LogP) is 0.498. The first-order valence-corrected chi connectivity index (χ1v) is 3.48. The molecule has 0 bridgehead atoms. The monoisotopic (exact) mass is 170 g/mol. The fraction of sp³-hybridized carbons (Fsp3) is 0.143. The van der Waals surface area contributed by atoms with Gasteiger partial charge in [-0.1, -0.05) is 0 Å². The smallest absolute Gasteiger partial charge is 0.401 e. The van der Waals surface area contributed by atoms with E-state index in [0.29, 0.717) is 0 Å². The molecule has 0 fully saturated rings. The van der Waals surface area contributed by atoms with Gasteiger partial charge in [0.2, 0.25) is 0 Å². The lowest BCUT2D eigenvalue weighted by molar-refractivity contribution is -0.675. The Hall–Kier alpha value is -1.03.